The van der Waals surface area contributed by atoms with Gasteiger partial charge in [0, 0.05) is 44.8 Å². The van der Waals surface area contributed by atoms with Crippen LogP contribution < -0.4 is 10.6 Å². The zero-order valence-electron chi connectivity index (χ0n) is 31.2. The number of ether oxygens (including phenoxy) is 1. The number of hydrogen-bond donors (Lipinski definition) is 2. The molecule has 2 atom stereocenters. The zero-order chi connectivity index (χ0) is 35.4. The Bertz CT molecular complexity index is 941. The highest BCUT2D eigenvalue weighted by Gasteiger charge is 2.35. The number of carbonyl (C=O) groups excluding carboxylic acids is 4. The molecule has 0 aromatic heterocycles. The van der Waals surface area contributed by atoms with Gasteiger partial charge < -0.3 is 30.1 Å². The molecule has 1 unspecified atom stereocenters. The second-order valence-electron chi connectivity index (χ2n) is 14.3. The highest BCUT2D eigenvalue weighted by Crippen LogP contribution is 2.22. The van der Waals surface area contributed by atoms with Crippen LogP contribution in [-0.4, -0.2) is 134 Å². The minimum atomic E-state index is -0.465. The van der Waals surface area contributed by atoms with Crippen LogP contribution in [0.5, 0.6) is 0 Å². The Balaban J connectivity index is 0.000000705. The van der Waals surface area contributed by atoms with Gasteiger partial charge in [0.25, 0.3) is 0 Å². The van der Waals surface area contributed by atoms with Crippen LogP contribution in [0.1, 0.15) is 93.9 Å². The van der Waals surface area contributed by atoms with Crippen molar-refractivity contribution in [1.29, 1.82) is 0 Å². The van der Waals surface area contributed by atoms with Gasteiger partial charge in [0.2, 0.25) is 24.1 Å². The van der Waals surface area contributed by atoms with E-state index in [0.29, 0.717) is 31.5 Å². The summed E-state index contributed by atoms with van der Waals surface area (Å²) in [4.78, 5) is 57.0. The molecule has 272 valence electrons. The molecule has 0 aromatic rings. The normalized spacial score (nSPS) is 19.8. The maximum atomic E-state index is 13.2. The van der Waals surface area contributed by atoms with Gasteiger partial charge in [0.05, 0.1) is 25.8 Å². The molecule has 0 spiro atoms. The number of nitrogens with zero attached hydrogens (tertiary/aromatic N) is 4. The Morgan fingerprint density at radius 3 is 2.06 bits per heavy atom. The highest BCUT2D eigenvalue weighted by atomic mass is 16.5. The quantitative estimate of drug-likeness (QED) is 0.176. The number of rotatable bonds is 13. The molecule has 4 amide bonds. The maximum absolute atomic E-state index is 13.2. The average Bonchev–Trinajstić information content (AvgIpc) is 3.54. The Kier molecular flexibility index (Phi) is 21.5. The van der Waals surface area contributed by atoms with Crippen LogP contribution in [-0.2, 0) is 23.9 Å². The number of morpholine rings is 1. The van der Waals surface area contributed by atoms with Crippen LogP contribution in [0.3, 0.4) is 0 Å². The third-order valence-corrected chi connectivity index (χ3v) is 8.61. The van der Waals surface area contributed by atoms with Crippen molar-refractivity contribution in [2.24, 2.45) is 11.8 Å². The molecule has 3 fully saturated rings. The van der Waals surface area contributed by atoms with Crippen LogP contribution >= 0.6 is 0 Å². The monoisotopic (exact) mass is 665 g/mol. The maximum Gasteiger partial charge on any atom is 0.249 e. The van der Waals surface area contributed by atoms with Gasteiger partial charge in [-0.3, -0.25) is 24.1 Å². The van der Waals surface area contributed by atoms with Gasteiger partial charge in [-0.2, -0.15) is 0 Å². The Morgan fingerprint density at radius 2 is 1.53 bits per heavy atom. The summed E-state index contributed by atoms with van der Waals surface area (Å²) >= 11 is 0. The van der Waals surface area contributed by atoms with Crippen molar-refractivity contribution in [3.05, 3.63) is 11.6 Å². The van der Waals surface area contributed by atoms with E-state index in [4.69, 9.17) is 4.74 Å². The summed E-state index contributed by atoms with van der Waals surface area (Å²) in [6.45, 7) is 24.7. The van der Waals surface area contributed by atoms with Gasteiger partial charge in [-0.05, 0) is 84.3 Å². The molecule has 0 radical (unpaired) electrons. The Hall–Kier alpha value is -2.50. The van der Waals surface area contributed by atoms with Gasteiger partial charge in [0.15, 0.2) is 0 Å². The molecule has 3 saturated heterocycles. The molecule has 47 heavy (non-hydrogen) atoms. The number of likely N-dealkylation sites (tertiary alicyclic amines) is 2. The van der Waals surface area contributed by atoms with Gasteiger partial charge >= 0.3 is 0 Å². The Labute approximate surface area is 286 Å². The summed E-state index contributed by atoms with van der Waals surface area (Å²) < 4.78 is 5.35. The topological polar surface area (TPSA) is 115 Å². The summed E-state index contributed by atoms with van der Waals surface area (Å²) in [5, 5.41) is 5.38. The second-order valence-corrected chi connectivity index (χ2v) is 14.3. The molecule has 3 rings (SSSR count). The first-order valence-corrected chi connectivity index (χ1v) is 18.0. The van der Waals surface area contributed by atoms with Crippen LogP contribution in [0.25, 0.3) is 0 Å². The largest absolute Gasteiger partial charge is 0.379 e. The molecule has 0 aliphatic carbocycles. The predicted octanol–water partition coefficient (Wildman–Crippen LogP) is 3.53. The van der Waals surface area contributed by atoms with Crippen LogP contribution in [0, 0.1) is 11.8 Å². The van der Waals surface area contributed by atoms with Gasteiger partial charge in [0.1, 0.15) is 6.04 Å². The highest BCUT2D eigenvalue weighted by molar-refractivity contribution is 5.97. The lowest BCUT2D eigenvalue weighted by molar-refractivity contribution is -0.135. The molecule has 11 heteroatoms. The van der Waals surface area contributed by atoms with Crippen molar-refractivity contribution in [2.45, 2.75) is 112 Å². The summed E-state index contributed by atoms with van der Waals surface area (Å²) in [5.74, 6) is 0.381. The molecule has 3 heterocycles. The molecule has 2 N–H and O–H groups in total. The van der Waals surface area contributed by atoms with E-state index in [1.54, 1.807) is 29.8 Å². The van der Waals surface area contributed by atoms with Crippen molar-refractivity contribution in [3.8, 4) is 0 Å². The number of amides is 4. The fourth-order valence-corrected chi connectivity index (χ4v) is 5.90. The third kappa shape index (κ3) is 16.9. The van der Waals surface area contributed by atoms with E-state index in [9.17, 15) is 19.2 Å². The second kappa shape index (κ2) is 23.8. The van der Waals surface area contributed by atoms with E-state index in [1.165, 1.54) is 32.4 Å². The average molecular weight is 665 g/mol. The summed E-state index contributed by atoms with van der Waals surface area (Å²) in [6, 6.07) is -0.00171. The lowest BCUT2D eigenvalue weighted by Gasteiger charge is -2.30. The van der Waals surface area contributed by atoms with E-state index >= 15 is 0 Å². The molecular weight excluding hydrogens is 596 g/mol. The fraction of sp³-hybridized carbons (Fsp3) is 0.833. The predicted molar refractivity (Wildman–Crippen MR) is 190 cm³/mol. The van der Waals surface area contributed by atoms with Crippen LogP contribution in [0.4, 0.5) is 0 Å². The minimum Gasteiger partial charge on any atom is -0.379 e. The van der Waals surface area contributed by atoms with E-state index in [-0.39, 0.29) is 36.2 Å². The fourth-order valence-electron chi connectivity index (χ4n) is 5.90. The number of piperidine rings is 1. The van der Waals surface area contributed by atoms with E-state index in [1.807, 2.05) is 13.8 Å². The number of likely N-dealkylation sites (N-methyl/N-ethyl adjacent to an activating group) is 1. The zero-order valence-corrected chi connectivity index (χ0v) is 31.2. The summed E-state index contributed by atoms with van der Waals surface area (Å²) in [7, 11) is 1.66. The smallest absolute Gasteiger partial charge is 0.249 e. The number of nitrogens with one attached hydrogen (secondary N) is 2. The molecule has 0 aromatic carbocycles. The van der Waals surface area contributed by atoms with Crippen molar-refractivity contribution in [2.75, 3.05) is 72.6 Å². The molecular formula is C36H68N6O5. The van der Waals surface area contributed by atoms with Gasteiger partial charge in [-0.25, -0.2) is 0 Å². The van der Waals surface area contributed by atoms with E-state index in [2.05, 4.69) is 55.1 Å². The Morgan fingerprint density at radius 1 is 0.915 bits per heavy atom. The SMILES string of the molecule is C/C(=C\C(C(C)C)N(C)C(=O)CNC=O)C(=O)N1CCC[C@H]1C(=O)NCCCN1CCOCC1.CC(C)C.CC(C)N1CCCCC1. The molecule has 0 saturated carbocycles. The van der Waals surface area contributed by atoms with E-state index < -0.39 is 6.04 Å². The molecule has 11 nitrogen and oxygen atoms in total. The number of carbonyl (C=O) groups is 4. The first-order valence-electron chi connectivity index (χ1n) is 18.0. The molecule has 0 bridgehead atoms. The van der Waals surface area contributed by atoms with Crippen molar-refractivity contribution >= 4 is 24.1 Å². The lowest BCUT2D eigenvalue weighted by atomic mass is 9.99. The molecule has 3 aliphatic rings. The summed E-state index contributed by atoms with van der Waals surface area (Å²) in [6.07, 6.45) is 8.86. The van der Waals surface area contributed by atoms with E-state index in [0.717, 1.165) is 57.6 Å². The van der Waals surface area contributed by atoms with Crippen molar-refractivity contribution in [3.63, 3.8) is 0 Å². The standard InChI is InChI=1S/C24H41N5O5.C8H17N.C4H10/c1-18(2)21(27(4)22(31)16-25-17-30)15-19(3)24(33)29-10-5-7-20(29)23(32)26-8-6-9-28-11-13-34-14-12-28;1-8(2)9-6-4-3-5-7-9;1-4(2)3/h15,17-18,20-21H,5-14,16H2,1-4H3,(H,25,30)(H,26,32);8H,3-7H2,1-2H3;4H,1-3H3/b19-15+;;/t20-,21?;;/m0../s1. The third-order valence-electron chi connectivity index (χ3n) is 8.61. The van der Waals surface area contributed by atoms with Crippen molar-refractivity contribution in [1.82, 2.24) is 30.2 Å². The minimum absolute atomic E-state index is 0.0667. The van der Waals surface area contributed by atoms with Crippen LogP contribution in [0.2, 0.25) is 0 Å². The first-order chi connectivity index (χ1) is 22.3. The van der Waals surface area contributed by atoms with Crippen molar-refractivity contribution < 1.29 is 23.9 Å². The lowest BCUT2D eigenvalue weighted by Crippen LogP contribution is -2.47. The first kappa shape index (κ1) is 42.5. The van der Waals surface area contributed by atoms with Gasteiger partial charge in [-0.1, -0.05) is 47.1 Å². The van der Waals surface area contributed by atoms with Gasteiger partial charge in [-0.15, -0.1) is 0 Å². The summed E-state index contributed by atoms with van der Waals surface area (Å²) in [5.41, 5.74) is 0.508. The van der Waals surface area contributed by atoms with Crippen LogP contribution in [0.15, 0.2) is 11.6 Å². The number of hydrogen-bond acceptors (Lipinski definition) is 7. The molecule has 3 aliphatic heterocycles.